The average Bonchev–Trinajstić information content (AvgIpc) is 2.66. The van der Waals surface area contributed by atoms with E-state index in [9.17, 15) is 0 Å². The molecule has 0 bridgehead atoms. The van der Waals surface area contributed by atoms with E-state index in [2.05, 4.69) is 78.3 Å². The highest BCUT2D eigenvalue weighted by atomic mass is 15.1. The normalized spacial score (nSPS) is 11.2. The van der Waals surface area contributed by atoms with Crippen LogP contribution in [0.4, 0.5) is 5.69 Å². The Morgan fingerprint density at radius 2 is 1.29 bits per heavy atom. The average molecular weight is 311 g/mol. The summed E-state index contributed by atoms with van der Waals surface area (Å²) in [7, 11) is 0. The summed E-state index contributed by atoms with van der Waals surface area (Å²) in [5, 5.41) is 0. The van der Waals surface area contributed by atoms with E-state index in [1.807, 2.05) is 36.4 Å². The monoisotopic (exact) mass is 311 g/mol. The Kier molecular flexibility index (Phi) is 5.32. The van der Waals surface area contributed by atoms with Crippen molar-refractivity contribution in [1.82, 2.24) is 0 Å². The predicted molar refractivity (Wildman–Crippen MR) is 102 cm³/mol. The Morgan fingerprint density at radius 1 is 0.750 bits per heavy atom. The van der Waals surface area contributed by atoms with E-state index in [-0.39, 0.29) is 6.04 Å². The van der Waals surface area contributed by atoms with Crippen LogP contribution in [0.15, 0.2) is 91.0 Å². The third-order valence-corrected chi connectivity index (χ3v) is 3.95. The van der Waals surface area contributed by atoms with Gasteiger partial charge >= 0.3 is 0 Å². The minimum Gasteiger partial charge on any atom is -0.354 e. The van der Waals surface area contributed by atoms with Gasteiger partial charge in [0.15, 0.2) is 0 Å². The number of rotatable bonds is 4. The van der Waals surface area contributed by atoms with Crippen LogP contribution < -0.4 is 4.90 Å². The standard InChI is InChI=1S/C23H21N/c1-20(17-18-21-11-5-2-6-12-21)24(23-15-9-4-10-16-23)19-22-13-7-3-8-14-22/h2-16,20H,19H2,1H3/t20-/m1/s1. The van der Waals surface area contributed by atoms with Crippen molar-refractivity contribution < 1.29 is 0 Å². The lowest BCUT2D eigenvalue weighted by Gasteiger charge is -2.28. The van der Waals surface area contributed by atoms with Crippen LogP contribution in [-0.2, 0) is 6.54 Å². The Bertz CT molecular complexity index is 798. The molecule has 1 atom stereocenters. The first kappa shape index (κ1) is 15.9. The number of hydrogen-bond acceptors (Lipinski definition) is 1. The molecular formula is C23H21N. The molecule has 0 aromatic heterocycles. The molecule has 0 amide bonds. The molecule has 3 aromatic rings. The van der Waals surface area contributed by atoms with Gasteiger partial charge in [-0.1, -0.05) is 78.6 Å². The number of para-hydroxylation sites is 1. The summed E-state index contributed by atoms with van der Waals surface area (Å²) in [5.41, 5.74) is 3.53. The fraction of sp³-hybridized carbons (Fsp3) is 0.130. The molecule has 0 saturated carbocycles. The molecule has 0 spiro atoms. The zero-order valence-corrected chi connectivity index (χ0v) is 13.9. The van der Waals surface area contributed by atoms with Crippen LogP contribution in [0.3, 0.4) is 0 Å². The van der Waals surface area contributed by atoms with Crippen molar-refractivity contribution in [3.8, 4) is 11.8 Å². The molecule has 0 unspecified atom stereocenters. The van der Waals surface area contributed by atoms with Gasteiger partial charge in [-0.05, 0) is 36.8 Å². The minimum atomic E-state index is 0.118. The zero-order valence-electron chi connectivity index (χ0n) is 13.9. The van der Waals surface area contributed by atoms with Crippen LogP contribution >= 0.6 is 0 Å². The number of benzene rings is 3. The molecule has 3 aromatic carbocycles. The molecule has 1 nitrogen and oxygen atoms in total. The van der Waals surface area contributed by atoms with Gasteiger partial charge < -0.3 is 4.90 Å². The van der Waals surface area contributed by atoms with Crippen molar-refractivity contribution in [3.63, 3.8) is 0 Å². The van der Waals surface area contributed by atoms with Gasteiger partial charge in [0.2, 0.25) is 0 Å². The molecule has 24 heavy (non-hydrogen) atoms. The number of hydrogen-bond donors (Lipinski definition) is 0. The second-order valence-corrected chi connectivity index (χ2v) is 5.76. The zero-order chi connectivity index (χ0) is 16.6. The first-order valence-electron chi connectivity index (χ1n) is 8.25. The lowest BCUT2D eigenvalue weighted by atomic mass is 10.1. The lowest BCUT2D eigenvalue weighted by Crippen LogP contribution is -2.31. The first-order chi connectivity index (χ1) is 11.8. The first-order valence-corrected chi connectivity index (χ1v) is 8.25. The lowest BCUT2D eigenvalue weighted by molar-refractivity contribution is 0.749. The van der Waals surface area contributed by atoms with E-state index in [1.165, 1.54) is 11.3 Å². The van der Waals surface area contributed by atoms with Crippen molar-refractivity contribution in [2.75, 3.05) is 4.90 Å². The molecule has 0 aliphatic heterocycles. The van der Waals surface area contributed by atoms with Gasteiger partial charge in [-0.2, -0.15) is 0 Å². The predicted octanol–water partition coefficient (Wildman–Crippen LogP) is 5.13. The van der Waals surface area contributed by atoms with Gasteiger partial charge in [0.1, 0.15) is 0 Å². The maximum absolute atomic E-state index is 3.39. The quantitative estimate of drug-likeness (QED) is 0.603. The molecule has 118 valence electrons. The van der Waals surface area contributed by atoms with Gasteiger partial charge in [0.05, 0.1) is 6.04 Å². The molecule has 0 heterocycles. The highest BCUT2D eigenvalue weighted by molar-refractivity contribution is 5.50. The molecule has 0 N–H and O–H groups in total. The minimum absolute atomic E-state index is 0.118. The third-order valence-electron chi connectivity index (χ3n) is 3.95. The van der Waals surface area contributed by atoms with E-state index in [0.29, 0.717) is 0 Å². The van der Waals surface area contributed by atoms with Crippen molar-refractivity contribution in [2.24, 2.45) is 0 Å². The van der Waals surface area contributed by atoms with Gasteiger partial charge in [0.25, 0.3) is 0 Å². The molecule has 0 fully saturated rings. The second kappa shape index (κ2) is 8.04. The summed E-state index contributed by atoms with van der Waals surface area (Å²) in [6.45, 7) is 3.00. The Hall–Kier alpha value is -2.98. The van der Waals surface area contributed by atoms with E-state index >= 15 is 0 Å². The highest BCUT2D eigenvalue weighted by Crippen LogP contribution is 2.19. The Labute approximate surface area is 144 Å². The van der Waals surface area contributed by atoms with E-state index < -0.39 is 0 Å². The fourth-order valence-corrected chi connectivity index (χ4v) is 2.64. The topological polar surface area (TPSA) is 3.24 Å². The van der Waals surface area contributed by atoms with Crippen molar-refractivity contribution in [3.05, 3.63) is 102 Å². The van der Waals surface area contributed by atoms with Crippen LogP contribution in [-0.4, -0.2) is 6.04 Å². The summed E-state index contributed by atoms with van der Waals surface area (Å²) in [6.07, 6.45) is 0. The molecule has 0 aliphatic carbocycles. The van der Waals surface area contributed by atoms with Crippen molar-refractivity contribution in [2.45, 2.75) is 19.5 Å². The maximum atomic E-state index is 3.39. The molecule has 0 aliphatic rings. The molecular weight excluding hydrogens is 290 g/mol. The van der Waals surface area contributed by atoms with E-state index in [4.69, 9.17) is 0 Å². The molecule has 0 radical (unpaired) electrons. The summed E-state index contributed by atoms with van der Waals surface area (Å²) in [4.78, 5) is 2.34. The summed E-state index contributed by atoms with van der Waals surface area (Å²) in [6, 6.07) is 31.3. The Morgan fingerprint density at radius 3 is 1.92 bits per heavy atom. The fourth-order valence-electron chi connectivity index (χ4n) is 2.64. The van der Waals surface area contributed by atoms with Crippen LogP contribution in [0.5, 0.6) is 0 Å². The van der Waals surface area contributed by atoms with E-state index in [0.717, 1.165) is 12.1 Å². The van der Waals surface area contributed by atoms with Crippen molar-refractivity contribution >= 4 is 5.69 Å². The summed E-state index contributed by atoms with van der Waals surface area (Å²) < 4.78 is 0. The highest BCUT2D eigenvalue weighted by Gasteiger charge is 2.12. The molecule has 0 saturated heterocycles. The summed E-state index contributed by atoms with van der Waals surface area (Å²) in [5.74, 6) is 6.68. The SMILES string of the molecule is C[C@H](C#Cc1ccccc1)N(Cc1ccccc1)c1ccccc1. The van der Waals surface area contributed by atoms with Gasteiger partial charge in [-0.25, -0.2) is 0 Å². The number of nitrogens with zero attached hydrogens (tertiary/aromatic N) is 1. The van der Waals surface area contributed by atoms with Crippen LogP contribution in [0, 0.1) is 11.8 Å². The second-order valence-electron chi connectivity index (χ2n) is 5.76. The van der Waals surface area contributed by atoms with Crippen LogP contribution in [0.1, 0.15) is 18.1 Å². The maximum Gasteiger partial charge on any atom is 0.0883 e. The molecule has 1 heteroatoms. The number of anilines is 1. The Balaban J connectivity index is 1.85. The van der Waals surface area contributed by atoms with Crippen LogP contribution in [0.25, 0.3) is 0 Å². The van der Waals surface area contributed by atoms with Gasteiger partial charge in [-0.15, -0.1) is 0 Å². The van der Waals surface area contributed by atoms with E-state index in [1.54, 1.807) is 0 Å². The third kappa shape index (κ3) is 4.27. The largest absolute Gasteiger partial charge is 0.354 e. The smallest absolute Gasteiger partial charge is 0.0883 e. The summed E-state index contributed by atoms with van der Waals surface area (Å²) >= 11 is 0. The van der Waals surface area contributed by atoms with Crippen LogP contribution in [0.2, 0.25) is 0 Å². The van der Waals surface area contributed by atoms with Gasteiger partial charge in [-0.3, -0.25) is 0 Å². The van der Waals surface area contributed by atoms with Gasteiger partial charge in [0, 0.05) is 17.8 Å². The van der Waals surface area contributed by atoms with Crippen molar-refractivity contribution in [1.29, 1.82) is 0 Å². The molecule has 3 rings (SSSR count).